The number of hydrogen-bond acceptors (Lipinski definition) is 5. The molecule has 2 saturated heterocycles. The van der Waals surface area contributed by atoms with Crippen molar-refractivity contribution in [2.75, 3.05) is 6.54 Å². The molecule has 0 aliphatic carbocycles. The highest BCUT2D eigenvalue weighted by Crippen LogP contribution is 2.38. The topological polar surface area (TPSA) is 105 Å². The highest BCUT2D eigenvalue weighted by Gasteiger charge is 2.44. The number of carbonyl (C=O) groups excluding carboxylic acids is 2. The maximum atomic E-state index is 13.4. The second kappa shape index (κ2) is 9.95. The van der Waals surface area contributed by atoms with Gasteiger partial charge in [0, 0.05) is 18.6 Å². The molecule has 3 aliphatic rings. The van der Waals surface area contributed by atoms with Crippen LogP contribution in [-0.4, -0.2) is 61.3 Å². The minimum absolute atomic E-state index is 0.124. The molecular formula is C26H29F3N4O5. The van der Waals surface area contributed by atoms with Crippen LogP contribution in [0.1, 0.15) is 65.0 Å². The second-order valence-electron chi connectivity index (χ2n) is 10.4. The first kappa shape index (κ1) is 26.1. The summed E-state index contributed by atoms with van der Waals surface area (Å²) in [6, 6.07) is 4.95. The van der Waals surface area contributed by atoms with Crippen molar-refractivity contribution in [1.82, 2.24) is 19.6 Å². The summed E-state index contributed by atoms with van der Waals surface area (Å²) in [7, 11) is 0. The Morgan fingerprint density at radius 1 is 1.08 bits per heavy atom. The first-order valence-electron chi connectivity index (χ1n) is 12.7. The van der Waals surface area contributed by atoms with Gasteiger partial charge >= 0.3 is 18.2 Å². The number of piperidine rings is 2. The van der Waals surface area contributed by atoms with Crippen LogP contribution in [0.15, 0.2) is 24.3 Å². The number of carboxylic acids is 1. The van der Waals surface area contributed by atoms with Gasteiger partial charge in [0.15, 0.2) is 5.69 Å². The molecule has 12 heteroatoms. The third-order valence-electron chi connectivity index (χ3n) is 7.66. The quantitative estimate of drug-likeness (QED) is 0.630. The van der Waals surface area contributed by atoms with E-state index in [9.17, 15) is 32.7 Å². The number of aromatic nitrogens is 2. The molecule has 0 spiro atoms. The van der Waals surface area contributed by atoms with Gasteiger partial charge in [-0.3, -0.25) is 14.3 Å². The lowest BCUT2D eigenvalue weighted by atomic mass is 9.78. The van der Waals surface area contributed by atoms with E-state index in [-0.39, 0.29) is 48.9 Å². The van der Waals surface area contributed by atoms with Crippen LogP contribution in [0.4, 0.5) is 18.0 Å². The van der Waals surface area contributed by atoms with E-state index in [4.69, 9.17) is 4.74 Å². The lowest BCUT2D eigenvalue weighted by Crippen LogP contribution is -2.55. The van der Waals surface area contributed by atoms with Crippen LogP contribution in [-0.2, 0) is 35.4 Å². The third kappa shape index (κ3) is 5.21. The average Bonchev–Trinajstić information content (AvgIpc) is 3.28. The predicted octanol–water partition coefficient (Wildman–Crippen LogP) is 4.22. The van der Waals surface area contributed by atoms with Crippen LogP contribution in [0.25, 0.3) is 0 Å². The Labute approximate surface area is 217 Å². The molecule has 2 bridgehead atoms. The number of ether oxygens (including phenoxy) is 1. The number of nitrogens with zero attached hydrogens (tertiary/aromatic N) is 4. The second-order valence-corrected chi connectivity index (χ2v) is 10.4. The standard InChI is InChI=1S/C26H29F3N4O5/c1-15-7-16(9-18(8-15)26(27,28)29)14-38-25(37)31-5-6-32-21(13-31)12-22(30-32)23(34)33-19-3-2-4-20(33)11-17(10-19)24(35)36/h7-9,12,17,19-20H,2-6,10-11,13-14H2,1H3,(H,35,36). The van der Waals surface area contributed by atoms with E-state index in [0.717, 1.165) is 31.4 Å². The number of rotatable bonds is 4. The lowest BCUT2D eigenvalue weighted by molar-refractivity contribution is -0.145. The highest BCUT2D eigenvalue weighted by molar-refractivity contribution is 5.93. The SMILES string of the molecule is Cc1cc(COC(=O)N2CCn3nc(C(=O)N4C5CCCC4CC(C(=O)O)C5)cc3C2)cc(C(F)(F)F)c1. The summed E-state index contributed by atoms with van der Waals surface area (Å²) in [6.45, 7) is 2.02. The maximum Gasteiger partial charge on any atom is 0.416 e. The Balaban J connectivity index is 1.23. The summed E-state index contributed by atoms with van der Waals surface area (Å²) in [6.07, 6.45) is -1.77. The first-order chi connectivity index (χ1) is 18.0. The van der Waals surface area contributed by atoms with Gasteiger partial charge in [-0.1, -0.05) is 11.6 Å². The molecule has 9 nitrogen and oxygen atoms in total. The minimum Gasteiger partial charge on any atom is -0.481 e. The smallest absolute Gasteiger partial charge is 0.416 e. The van der Waals surface area contributed by atoms with E-state index in [1.165, 1.54) is 4.90 Å². The van der Waals surface area contributed by atoms with Gasteiger partial charge < -0.3 is 19.6 Å². The van der Waals surface area contributed by atoms with E-state index in [0.29, 0.717) is 30.6 Å². The molecule has 1 aromatic heterocycles. The molecule has 38 heavy (non-hydrogen) atoms. The number of hydrogen-bond donors (Lipinski definition) is 1. The number of alkyl halides is 3. The normalized spacial score (nSPS) is 23.1. The van der Waals surface area contributed by atoms with Gasteiger partial charge in [0.2, 0.25) is 0 Å². The minimum atomic E-state index is -4.49. The Morgan fingerprint density at radius 3 is 2.45 bits per heavy atom. The number of carbonyl (C=O) groups is 3. The van der Waals surface area contributed by atoms with Crippen LogP contribution in [0.3, 0.4) is 0 Å². The molecule has 1 aromatic carbocycles. The fourth-order valence-electron chi connectivity index (χ4n) is 5.92. The molecule has 0 radical (unpaired) electrons. The van der Waals surface area contributed by atoms with Crippen molar-refractivity contribution in [3.8, 4) is 0 Å². The number of halogens is 3. The van der Waals surface area contributed by atoms with Gasteiger partial charge in [-0.2, -0.15) is 18.3 Å². The number of aryl methyl sites for hydroxylation is 1. The van der Waals surface area contributed by atoms with Crippen molar-refractivity contribution in [2.24, 2.45) is 5.92 Å². The zero-order valence-corrected chi connectivity index (χ0v) is 20.9. The summed E-state index contributed by atoms with van der Waals surface area (Å²) in [5.74, 6) is -1.48. The Kier molecular flexibility index (Phi) is 6.83. The number of fused-ring (bicyclic) bond motifs is 3. The summed E-state index contributed by atoms with van der Waals surface area (Å²) in [5.41, 5.74) is 0.787. The highest BCUT2D eigenvalue weighted by atomic mass is 19.4. The van der Waals surface area contributed by atoms with Crippen molar-refractivity contribution in [1.29, 1.82) is 0 Å². The number of aliphatic carboxylic acids is 1. The third-order valence-corrected chi connectivity index (χ3v) is 7.66. The fourth-order valence-corrected chi connectivity index (χ4v) is 5.92. The first-order valence-corrected chi connectivity index (χ1v) is 12.7. The van der Waals surface area contributed by atoms with E-state index in [1.807, 2.05) is 0 Å². The van der Waals surface area contributed by atoms with Crippen molar-refractivity contribution in [3.05, 3.63) is 52.3 Å². The molecule has 0 saturated carbocycles. The summed E-state index contributed by atoms with van der Waals surface area (Å²) < 4.78 is 46.3. The van der Waals surface area contributed by atoms with Gasteiger partial charge in [-0.15, -0.1) is 0 Å². The largest absolute Gasteiger partial charge is 0.481 e. The molecule has 2 amide bonds. The van der Waals surface area contributed by atoms with E-state index in [1.54, 1.807) is 28.6 Å². The van der Waals surface area contributed by atoms with Gasteiger partial charge in [-0.25, -0.2) is 4.79 Å². The zero-order valence-electron chi connectivity index (χ0n) is 20.9. The molecule has 2 atom stereocenters. The summed E-state index contributed by atoms with van der Waals surface area (Å²) in [4.78, 5) is 40.9. The molecular weight excluding hydrogens is 505 g/mol. The Morgan fingerprint density at radius 2 is 1.79 bits per heavy atom. The molecule has 1 N–H and O–H groups in total. The van der Waals surface area contributed by atoms with Crippen LogP contribution in [0, 0.1) is 12.8 Å². The van der Waals surface area contributed by atoms with Gasteiger partial charge in [0.05, 0.1) is 30.3 Å². The molecule has 5 rings (SSSR count). The molecule has 4 heterocycles. The summed E-state index contributed by atoms with van der Waals surface area (Å²) in [5, 5.41) is 13.9. The molecule has 204 valence electrons. The lowest BCUT2D eigenvalue weighted by Gasteiger charge is -2.47. The molecule has 2 fully saturated rings. The van der Waals surface area contributed by atoms with E-state index in [2.05, 4.69) is 5.10 Å². The van der Waals surface area contributed by atoms with E-state index >= 15 is 0 Å². The molecule has 3 aliphatic heterocycles. The Hall–Kier alpha value is -3.57. The van der Waals surface area contributed by atoms with Crippen molar-refractivity contribution < 1.29 is 37.4 Å². The van der Waals surface area contributed by atoms with Crippen molar-refractivity contribution >= 4 is 18.0 Å². The number of carboxylic acid groups (broad SMARTS) is 1. The van der Waals surface area contributed by atoms with Crippen LogP contribution in [0.5, 0.6) is 0 Å². The monoisotopic (exact) mass is 534 g/mol. The zero-order chi connectivity index (χ0) is 27.2. The van der Waals surface area contributed by atoms with Crippen LogP contribution < -0.4 is 0 Å². The van der Waals surface area contributed by atoms with Gasteiger partial charge in [-0.05, 0) is 62.8 Å². The number of benzene rings is 1. The molecule has 2 unspecified atom stereocenters. The Bertz CT molecular complexity index is 1250. The van der Waals surface area contributed by atoms with Crippen molar-refractivity contribution in [3.63, 3.8) is 0 Å². The van der Waals surface area contributed by atoms with Crippen LogP contribution >= 0.6 is 0 Å². The van der Waals surface area contributed by atoms with Crippen molar-refractivity contribution in [2.45, 2.75) is 77.0 Å². The maximum absolute atomic E-state index is 13.4. The van der Waals surface area contributed by atoms with Gasteiger partial charge in [0.1, 0.15) is 6.61 Å². The average molecular weight is 535 g/mol. The number of amides is 2. The fraction of sp³-hybridized carbons (Fsp3) is 0.538. The van der Waals surface area contributed by atoms with Gasteiger partial charge in [0.25, 0.3) is 5.91 Å². The molecule has 2 aromatic rings. The summed E-state index contributed by atoms with van der Waals surface area (Å²) >= 11 is 0. The predicted molar refractivity (Wildman–Crippen MR) is 127 cm³/mol. The van der Waals surface area contributed by atoms with E-state index < -0.39 is 29.7 Å². The van der Waals surface area contributed by atoms with Crippen LogP contribution in [0.2, 0.25) is 0 Å².